The summed E-state index contributed by atoms with van der Waals surface area (Å²) < 4.78 is 26.8. The van der Waals surface area contributed by atoms with Gasteiger partial charge in [0.15, 0.2) is 11.6 Å². The van der Waals surface area contributed by atoms with E-state index in [1.54, 1.807) is 0 Å². The second kappa shape index (κ2) is 5.90. The van der Waals surface area contributed by atoms with E-state index in [9.17, 15) is 13.6 Å². The molecule has 1 atom stereocenters. The van der Waals surface area contributed by atoms with Crippen LogP contribution in [0.3, 0.4) is 0 Å². The first-order chi connectivity index (χ1) is 9.09. The SMILES string of the molecule is NC(=O)C(NCc1cccs1)c1cccc(F)c1F. The monoisotopic (exact) mass is 282 g/mol. The van der Waals surface area contributed by atoms with Gasteiger partial charge in [0, 0.05) is 17.0 Å². The topological polar surface area (TPSA) is 55.1 Å². The van der Waals surface area contributed by atoms with E-state index in [2.05, 4.69) is 5.32 Å². The molecule has 6 heteroatoms. The van der Waals surface area contributed by atoms with Crippen molar-refractivity contribution in [3.05, 3.63) is 57.8 Å². The van der Waals surface area contributed by atoms with E-state index in [1.165, 1.54) is 23.5 Å². The van der Waals surface area contributed by atoms with Crippen molar-refractivity contribution in [2.75, 3.05) is 0 Å². The Kier molecular flexibility index (Phi) is 4.24. The molecule has 0 bridgehead atoms. The van der Waals surface area contributed by atoms with Crippen molar-refractivity contribution in [1.29, 1.82) is 0 Å². The predicted octanol–water partition coefficient (Wildman–Crippen LogP) is 2.34. The third-order valence-corrected chi connectivity index (χ3v) is 3.51. The summed E-state index contributed by atoms with van der Waals surface area (Å²) in [4.78, 5) is 12.4. The molecule has 1 amide bonds. The van der Waals surface area contributed by atoms with Crippen LogP contribution in [0.15, 0.2) is 35.7 Å². The largest absolute Gasteiger partial charge is 0.368 e. The zero-order valence-corrected chi connectivity index (χ0v) is 10.7. The van der Waals surface area contributed by atoms with Crippen LogP contribution < -0.4 is 11.1 Å². The Bertz CT molecular complexity index is 572. The van der Waals surface area contributed by atoms with Gasteiger partial charge in [0.25, 0.3) is 0 Å². The van der Waals surface area contributed by atoms with Gasteiger partial charge in [-0.2, -0.15) is 0 Å². The minimum atomic E-state index is -1.06. The lowest BCUT2D eigenvalue weighted by Crippen LogP contribution is -2.34. The van der Waals surface area contributed by atoms with Gasteiger partial charge in [-0.3, -0.25) is 10.1 Å². The van der Waals surface area contributed by atoms with Crippen LogP contribution in [-0.2, 0) is 11.3 Å². The molecule has 0 fully saturated rings. The van der Waals surface area contributed by atoms with Crippen LogP contribution in [0.2, 0.25) is 0 Å². The number of thiophene rings is 1. The number of primary amides is 1. The Morgan fingerprint density at radius 1 is 1.32 bits per heavy atom. The fraction of sp³-hybridized carbons (Fsp3) is 0.154. The quantitative estimate of drug-likeness (QED) is 0.884. The Balaban J connectivity index is 2.20. The number of nitrogens with two attached hydrogens (primary N) is 1. The number of nitrogens with one attached hydrogen (secondary N) is 1. The lowest BCUT2D eigenvalue weighted by molar-refractivity contribution is -0.120. The Morgan fingerprint density at radius 3 is 2.74 bits per heavy atom. The van der Waals surface area contributed by atoms with Crippen LogP contribution in [0.25, 0.3) is 0 Å². The van der Waals surface area contributed by atoms with E-state index >= 15 is 0 Å². The number of halogens is 2. The van der Waals surface area contributed by atoms with Crippen molar-refractivity contribution in [2.45, 2.75) is 12.6 Å². The maximum absolute atomic E-state index is 13.7. The highest BCUT2D eigenvalue weighted by molar-refractivity contribution is 7.09. The summed E-state index contributed by atoms with van der Waals surface area (Å²) in [5.74, 6) is -2.80. The molecule has 0 spiro atoms. The van der Waals surface area contributed by atoms with E-state index in [0.717, 1.165) is 10.9 Å². The van der Waals surface area contributed by atoms with Gasteiger partial charge in [0.2, 0.25) is 5.91 Å². The van der Waals surface area contributed by atoms with Gasteiger partial charge in [-0.25, -0.2) is 8.78 Å². The molecule has 0 aliphatic rings. The fourth-order valence-corrected chi connectivity index (χ4v) is 2.38. The first kappa shape index (κ1) is 13.6. The summed E-state index contributed by atoms with van der Waals surface area (Å²) in [5, 5.41) is 4.72. The highest BCUT2D eigenvalue weighted by atomic mass is 32.1. The summed E-state index contributed by atoms with van der Waals surface area (Å²) in [6, 6.07) is 6.36. The Morgan fingerprint density at radius 2 is 2.11 bits per heavy atom. The molecule has 1 unspecified atom stereocenters. The van der Waals surface area contributed by atoms with Gasteiger partial charge in [0.05, 0.1) is 0 Å². The number of benzene rings is 1. The van der Waals surface area contributed by atoms with Crippen molar-refractivity contribution in [2.24, 2.45) is 5.73 Å². The second-order valence-electron chi connectivity index (χ2n) is 3.94. The summed E-state index contributed by atoms with van der Waals surface area (Å²) in [5.41, 5.74) is 5.16. The Labute approximate surface area is 113 Å². The summed E-state index contributed by atoms with van der Waals surface area (Å²) in [7, 11) is 0. The number of carbonyl (C=O) groups is 1. The third-order valence-electron chi connectivity index (χ3n) is 2.64. The molecule has 0 aliphatic heterocycles. The summed E-state index contributed by atoms with van der Waals surface area (Å²) in [6.45, 7) is 0.362. The third kappa shape index (κ3) is 3.15. The van der Waals surface area contributed by atoms with Gasteiger partial charge in [-0.1, -0.05) is 18.2 Å². The van der Waals surface area contributed by atoms with Crippen LogP contribution in [0, 0.1) is 11.6 Å². The van der Waals surface area contributed by atoms with Crippen molar-refractivity contribution < 1.29 is 13.6 Å². The average molecular weight is 282 g/mol. The highest BCUT2D eigenvalue weighted by Crippen LogP contribution is 2.20. The molecule has 0 radical (unpaired) electrons. The van der Waals surface area contributed by atoms with Gasteiger partial charge in [0.1, 0.15) is 6.04 Å². The minimum absolute atomic E-state index is 0.0796. The van der Waals surface area contributed by atoms with E-state index in [1.807, 2.05) is 17.5 Å². The maximum atomic E-state index is 13.7. The summed E-state index contributed by atoms with van der Waals surface area (Å²) in [6.07, 6.45) is 0. The maximum Gasteiger partial charge on any atom is 0.239 e. The van der Waals surface area contributed by atoms with Crippen molar-refractivity contribution in [3.63, 3.8) is 0 Å². The number of carbonyl (C=O) groups excluding carboxylic acids is 1. The molecule has 1 aromatic heterocycles. The predicted molar refractivity (Wildman–Crippen MR) is 69.5 cm³/mol. The lowest BCUT2D eigenvalue weighted by atomic mass is 10.1. The number of amides is 1. The number of hydrogen-bond acceptors (Lipinski definition) is 3. The molecule has 3 nitrogen and oxygen atoms in total. The first-order valence-electron chi connectivity index (χ1n) is 5.58. The average Bonchev–Trinajstić information content (AvgIpc) is 2.87. The highest BCUT2D eigenvalue weighted by Gasteiger charge is 2.22. The molecule has 2 aromatic rings. The van der Waals surface area contributed by atoms with Crippen molar-refractivity contribution >= 4 is 17.2 Å². The lowest BCUT2D eigenvalue weighted by Gasteiger charge is -2.16. The molecular weight excluding hydrogens is 270 g/mol. The molecule has 0 aliphatic carbocycles. The Hall–Kier alpha value is -1.79. The van der Waals surface area contributed by atoms with E-state index in [4.69, 9.17) is 5.73 Å². The number of hydrogen-bond donors (Lipinski definition) is 2. The molecule has 19 heavy (non-hydrogen) atoms. The van der Waals surface area contributed by atoms with E-state index in [-0.39, 0.29) is 5.56 Å². The van der Waals surface area contributed by atoms with Crippen LogP contribution >= 0.6 is 11.3 Å². The smallest absolute Gasteiger partial charge is 0.239 e. The fourth-order valence-electron chi connectivity index (χ4n) is 1.72. The minimum Gasteiger partial charge on any atom is -0.368 e. The molecule has 1 aromatic carbocycles. The molecular formula is C13H12F2N2OS. The molecule has 1 heterocycles. The number of rotatable bonds is 5. The standard InChI is InChI=1S/C13H12F2N2OS/c14-10-5-1-4-9(11(10)15)12(13(16)18)17-7-8-3-2-6-19-8/h1-6,12,17H,7H2,(H2,16,18). The van der Waals surface area contributed by atoms with Crippen molar-refractivity contribution in [1.82, 2.24) is 5.32 Å². The molecule has 2 rings (SSSR count). The van der Waals surface area contributed by atoms with Crippen LogP contribution in [-0.4, -0.2) is 5.91 Å². The zero-order chi connectivity index (χ0) is 13.8. The van der Waals surface area contributed by atoms with Crippen LogP contribution in [0.5, 0.6) is 0 Å². The first-order valence-corrected chi connectivity index (χ1v) is 6.46. The van der Waals surface area contributed by atoms with Gasteiger partial charge < -0.3 is 5.73 Å². The van der Waals surface area contributed by atoms with Gasteiger partial charge in [-0.05, 0) is 17.5 Å². The second-order valence-corrected chi connectivity index (χ2v) is 4.97. The van der Waals surface area contributed by atoms with E-state index in [0.29, 0.717) is 6.54 Å². The summed E-state index contributed by atoms with van der Waals surface area (Å²) >= 11 is 1.50. The van der Waals surface area contributed by atoms with Crippen molar-refractivity contribution in [3.8, 4) is 0 Å². The van der Waals surface area contributed by atoms with E-state index < -0.39 is 23.6 Å². The van der Waals surface area contributed by atoms with Crippen LogP contribution in [0.1, 0.15) is 16.5 Å². The normalized spacial score (nSPS) is 12.3. The molecule has 0 saturated heterocycles. The van der Waals surface area contributed by atoms with Crippen LogP contribution in [0.4, 0.5) is 8.78 Å². The van der Waals surface area contributed by atoms with Gasteiger partial charge in [-0.15, -0.1) is 11.3 Å². The zero-order valence-electron chi connectivity index (χ0n) is 9.90. The molecule has 100 valence electrons. The van der Waals surface area contributed by atoms with Gasteiger partial charge >= 0.3 is 0 Å². The molecule has 0 saturated carbocycles. The molecule has 3 N–H and O–H groups in total.